The van der Waals surface area contributed by atoms with Gasteiger partial charge in [0.2, 0.25) is 0 Å². The lowest BCUT2D eigenvalue weighted by Crippen LogP contribution is -2.06. The summed E-state index contributed by atoms with van der Waals surface area (Å²) in [7, 11) is 0. The van der Waals surface area contributed by atoms with Crippen molar-refractivity contribution in [2.24, 2.45) is 0 Å². The van der Waals surface area contributed by atoms with E-state index < -0.39 is 0 Å². The van der Waals surface area contributed by atoms with Crippen LogP contribution in [0.2, 0.25) is 0 Å². The number of rotatable bonds is 2. The topological polar surface area (TPSA) is 17.1 Å². The summed E-state index contributed by atoms with van der Waals surface area (Å²) in [6, 6.07) is 9.69. The maximum Gasteiger partial charge on any atom is 0.194 e. The molecule has 0 aromatic heterocycles. The Morgan fingerprint density at radius 1 is 0.895 bits per heavy atom. The fourth-order valence-corrected chi connectivity index (χ4v) is 2.90. The maximum absolute atomic E-state index is 12.7. The molecule has 0 saturated carbocycles. The first-order chi connectivity index (χ1) is 8.91. The molecule has 0 spiro atoms. The quantitative estimate of drug-likeness (QED) is 0.639. The highest BCUT2D eigenvalue weighted by Gasteiger charge is 2.16. The Bertz CT molecular complexity index is 660. The minimum absolute atomic E-state index is 0.0590. The SMILES string of the molecule is Cc1cc(C(=O)c2cccc(C)c2Br)c(C)cc1Br. The molecule has 0 aliphatic carbocycles. The summed E-state index contributed by atoms with van der Waals surface area (Å²) in [5.41, 5.74) is 4.59. The lowest BCUT2D eigenvalue weighted by molar-refractivity contribution is 0.103. The molecule has 0 amide bonds. The first-order valence-electron chi connectivity index (χ1n) is 5.98. The van der Waals surface area contributed by atoms with Crippen molar-refractivity contribution in [3.8, 4) is 0 Å². The van der Waals surface area contributed by atoms with E-state index in [4.69, 9.17) is 0 Å². The molecular formula is C16H14Br2O. The van der Waals surface area contributed by atoms with E-state index in [0.717, 1.165) is 31.2 Å². The van der Waals surface area contributed by atoms with Crippen LogP contribution >= 0.6 is 31.9 Å². The third-order valence-electron chi connectivity index (χ3n) is 3.19. The van der Waals surface area contributed by atoms with Gasteiger partial charge in [0.1, 0.15) is 0 Å². The van der Waals surface area contributed by atoms with E-state index in [1.807, 2.05) is 51.1 Å². The second-order valence-corrected chi connectivity index (χ2v) is 6.33. The summed E-state index contributed by atoms with van der Waals surface area (Å²) in [6.07, 6.45) is 0. The van der Waals surface area contributed by atoms with Gasteiger partial charge in [-0.05, 0) is 71.6 Å². The average Bonchev–Trinajstić information content (AvgIpc) is 2.36. The number of ketones is 1. The summed E-state index contributed by atoms with van der Waals surface area (Å²) in [5, 5.41) is 0. The Morgan fingerprint density at radius 2 is 1.58 bits per heavy atom. The van der Waals surface area contributed by atoms with Crippen LogP contribution in [-0.4, -0.2) is 5.78 Å². The predicted molar refractivity (Wildman–Crippen MR) is 85.9 cm³/mol. The van der Waals surface area contributed by atoms with E-state index in [2.05, 4.69) is 31.9 Å². The highest BCUT2D eigenvalue weighted by molar-refractivity contribution is 9.10. The number of benzene rings is 2. The summed E-state index contributed by atoms with van der Waals surface area (Å²) in [4.78, 5) is 12.7. The van der Waals surface area contributed by atoms with E-state index in [-0.39, 0.29) is 5.78 Å². The third kappa shape index (κ3) is 2.82. The van der Waals surface area contributed by atoms with Gasteiger partial charge < -0.3 is 0 Å². The number of halogens is 2. The molecule has 2 aromatic carbocycles. The molecule has 98 valence electrons. The van der Waals surface area contributed by atoms with Gasteiger partial charge in [-0.2, -0.15) is 0 Å². The predicted octanol–water partition coefficient (Wildman–Crippen LogP) is 5.37. The van der Waals surface area contributed by atoms with Crippen LogP contribution in [0.1, 0.15) is 32.6 Å². The van der Waals surface area contributed by atoms with Crippen molar-refractivity contribution in [1.29, 1.82) is 0 Å². The van der Waals surface area contributed by atoms with Crippen LogP contribution in [0.25, 0.3) is 0 Å². The van der Waals surface area contributed by atoms with Gasteiger partial charge in [-0.3, -0.25) is 4.79 Å². The lowest BCUT2D eigenvalue weighted by atomic mass is 9.96. The van der Waals surface area contributed by atoms with E-state index in [0.29, 0.717) is 5.56 Å². The second-order valence-electron chi connectivity index (χ2n) is 4.68. The summed E-state index contributed by atoms with van der Waals surface area (Å²) < 4.78 is 1.91. The van der Waals surface area contributed by atoms with Crippen molar-refractivity contribution in [2.45, 2.75) is 20.8 Å². The first kappa shape index (κ1) is 14.5. The molecule has 0 heterocycles. The minimum atomic E-state index is 0.0590. The second kappa shape index (κ2) is 5.59. The van der Waals surface area contributed by atoms with E-state index >= 15 is 0 Å². The van der Waals surface area contributed by atoms with Crippen LogP contribution in [0, 0.1) is 20.8 Å². The Kier molecular flexibility index (Phi) is 4.26. The van der Waals surface area contributed by atoms with Crippen LogP contribution in [0.4, 0.5) is 0 Å². The largest absolute Gasteiger partial charge is 0.289 e. The molecule has 0 unspecified atom stereocenters. The van der Waals surface area contributed by atoms with Crippen molar-refractivity contribution in [1.82, 2.24) is 0 Å². The van der Waals surface area contributed by atoms with Crippen LogP contribution in [0.3, 0.4) is 0 Å². The molecule has 0 bridgehead atoms. The number of hydrogen-bond acceptors (Lipinski definition) is 1. The van der Waals surface area contributed by atoms with Crippen molar-refractivity contribution in [2.75, 3.05) is 0 Å². The van der Waals surface area contributed by atoms with Crippen LogP contribution in [0.15, 0.2) is 39.3 Å². The van der Waals surface area contributed by atoms with Crippen molar-refractivity contribution in [3.05, 3.63) is 67.1 Å². The number of carbonyl (C=O) groups excluding carboxylic acids is 1. The molecule has 0 radical (unpaired) electrons. The maximum atomic E-state index is 12.7. The van der Waals surface area contributed by atoms with Gasteiger partial charge in [-0.15, -0.1) is 0 Å². The van der Waals surface area contributed by atoms with Gasteiger partial charge in [0, 0.05) is 20.1 Å². The monoisotopic (exact) mass is 380 g/mol. The summed E-state index contributed by atoms with van der Waals surface area (Å²) >= 11 is 7.00. The standard InChI is InChI=1S/C16H14Br2O/c1-9-5-4-6-12(15(9)18)16(19)13-7-11(3)14(17)8-10(13)2/h4-8H,1-3H3. The molecule has 0 atom stereocenters. The number of aryl methyl sites for hydroxylation is 3. The van der Waals surface area contributed by atoms with Gasteiger partial charge in [0.05, 0.1) is 0 Å². The van der Waals surface area contributed by atoms with E-state index in [1.165, 1.54) is 0 Å². The molecule has 2 aromatic rings. The Labute approximate surface area is 130 Å². The normalized spacial score (nSPS) is 10.6. The molecule has 0 saturated heterocycles. The molecule has 2 rings (SSSR count). The van der Waals surface area contributed by atoms with Crippen molar-refractivity contribution >= 4 is 37.6 Å². The Hall–Kier alpha value is -0.930. The van der Waals surface area contributed by atoms with Crippen LogP contribution in [-0.2, 0) is 0 Å². The smallest absolute Gasteiger partial charge is 0.194 e. The molecule has 0 N–H and O–H groups in total. The van der Waals surface area contributed by atoms with Crippen LogP contribution < -0.4 is 0 Å². The molecule has 3 heteroatoms. The van der Waals surface area contributed by atoms with E-state index in [9.17, 15) is 4.79 Å². The Balaban J connectivity index is 2.56. The molecule has 0 aliphatic rings. The first-order valence-corrected chi connectivity index (χ1v) is 7.57. The van der Waals surface area contributed by atoms with Gasteiger partial charge in [-0.1, -0.05) is 28.1 Å². The molecule has 0 fully saturated rings. The lowest BCUT2D eigenvalue weighted by Gasteiger charge is -2.10. The fourth-order valence-electron chi connectivity index (χ4n) is 1.99. The summed E-state index contributed by atoms with van der Waals surface area (Å²) in [5.74, 6) is 0.0590. The summed E-state index contributed by atoms with van der Waals surface area (Å²) in [6.45, 7) is 5.94. The van der Waals surface area contributed by atoms with Crippen molar-refractivity contribution < 1.29 is 4.79 Å². The van der Waals surface area contributed by atoms with Gasteiger partial charge >= 0.3 is 0 Å². The zero-order chi connectivity index (χ0) is 14.2. The number of hydrogen-bond donors (Lipinski definition) is 0. The zero-order valence-corrected chi connectivity index (χ0v) is 14.2. The highest BCUT2D eigenvalue weighted by Crippen LogP contribution is 2.27. The van der Waals surface area contributed by atoms with Crippen molar-refractivity contribution in [3.63, 3.8) is 0 Å². The third-order valence-corrected chi connectivity index (χ3v) is 5.09. The zero-order valence-electron chi connectivity index (χ0n) is 11.1. The van der Waals surface area contributed by atoms with Crippen LogP contribution in [0.5, 0.6) is 0 Å². The minimum Gasteiger partial charge on any atom is -0.289 e. The van der Waals surface area contributed by atoms with Gasteiger partial charge in [0.25, 0.3) is 0 Å². The fraction of sp³-hybridized carbons (Fsp3) is 0.188. The highest BCUT2D eigenvalue weighted by atomic mass is 79.9. The molecule has 0 aliphatic heterocycles. The average molecular weight is 382 g/mol. The molecule has 1 nitrogen and oxygen atoms in total. The van der Waals surface area contributed by atoms with Gasteiger partial charge in [-0.25, -0.2) is 0 Å². The van der Waals surface area contributed by atoms with E-state index in [1.54, 1.807) is 0 Å². The number of carbonyl (C=O) groups is 1. The molecular weight excluding hydrogens is 368 g/mol. The molecule has 19 heavy (non-hydrogen) atoms. The van der Waals surface area contributed by atoms with Gasteiger partial charge in [0.15, 0.2) is 5.78 Å². The Morgan fingerprint density at radius 3 is 2.26 bits per heavy atom.